The highest BCUT2D eigenvalue weighted by molar-refractivity contribution is 5.81. The fourth-order valence-electron chi connectivity index (χ4n) is 3.21. The van der Waals surface area contributed by atoms with Crippen LogP contribution in [0.2, 0.25) is 0 Å². The van der Waals surface area contributed by atoms with Crippen molar-refractivity contribution in [3.05, 3.63) is 65.5 Å². The van der Waals surface area contributed by atoms with Crippen LogP contribution in [0.25, 0.3) is 0 Å². The van der Waals surface area contributed by atoms with Crippen LogP contribution >= 0.6 is 0 Å². The molecule has 1 aromatic heterocycles. The van der Waals surface area contributed by atoms with Crippen molar-refractivity contribution in [3.63, 3.8) is 0 Å². The number of aromatic nitrogens is 1. The smallest absolute Gasteiger partial charge is 0.226 e. The molecule has 0 atom stereocenters. The molecule has 5 heteroatoms. The molecule has 1 fully saturated rings. The van der Waals surface area contributed by atoms with Crippen molar-refractivity contribution in [3.8, 4) is 0 Å². The summed E-state index contributed by atoms with van der Waals surface area (Å²) in [7, 11) is 0. The molecule has 2 aromatic rings. The number of nitrogens with zero attached hydrogens (tertiary/aromatic N) is 2. The monoisotopic (exact) mass is 351 g/mol. The van der Waals surface area contributed by atoms with E-state index in [0.29, 0.717) is 38.9 Å². The van der Waals surface area contributed by atoms with Gasteiger partial charge in [0.25, 0.3) is 0 Å². The Morgan fingerprint density at radius 1 is 1.12 bits per heavy atom. The molecule has 1 aliphatic rings. The van der Waals surface area contributed by atoms with Crippen molar-refractivity contribution in [2.75, 3.05) is 13.1 Å². The van der Waals surface area contributed by atoms with Crippen LogP contribution in [-0.2, 0) is 22.6 Å². The molecule has 1 aliphatic heterocycles. The highest BCUT2D eigenvalue weighted by Crippen LogP contribution is 2.18. The highest BCUT2D eigenvalue weighted by Gasteiger charge is 2.27. The Bertz CT molecular complexity index is 736. The van der Waals surface area contributed by atoms with Crippen molar-refractivity contribution in [1.29, 1.82) is 0 Å². The Labute approximate surface area is 154 Å². The van der Waals surface area contributed by atoms with Gasteiger partial charge in [0.15, 0.2) is 0 Å². The molecular weight excluding hydrogens is 326 g/mol. The third-order valence-electron chi connectivity index (χ3n) is 4.86. The lowest BCUT2D eigenvalue weighted by atomic mass is 9.95. The Kier molecular flexibility index (Phi) is 6.00. The predicted octanol–water partition coefficient (Wildman–Crippen LogP) is 2.49. The summed E-state index contributed by atoms with van der Waals surface area (Å²) in [6.45, 7) is 3.78. The number of nitrogens with one attached hydrogen (secondary N) is 1. The van der Waals surface area contributed by atoms with Crippen LogP contribution in [-0.4, -0.2) is 34.8 Å². The summed E-state index contributed by atoms with van der Waals surface area (Å²) in [5.41, 5.74) is 3.08. The topological polar surface area (TPSA) is 62.3 Å². The summed E-state index contributed by atoms with van der Waals surface area (Å²) >= 11 is 0. The van der Waals surface area contributed by atoms with E-state index in [4.69, 9.17) is 0 Å². The van der Waals surface area contributed by atoms with Gasteiger partial charge in [-0.3, -0.25) is 14.6 Å². The van der Waals surface area contributed by atoms with E-state index in [9.17, 15) is 9.59 Å². The van der Waals surface area contributed by atoms with E-state index in [1.807, 2.05) is 54.3 Å². The second kappa shape index (κ2) is 8.61. The fourth-order valence-corrected chi connectivity index (χ4v) is 3.21. The molecule has 0 saturated carbocycles. The SMILES string of the molecule is Cc1ccc(CC(=O)N2CCC(C(=O)NCc3ccccn3)CC2)cc1. The number of hydrogen-bond acceptors (Lipinski definition) is 3. The number of likely N-dealkylation sites (tertiary alicyclic amines) is 1. The molecule has 26 heavy (non-hydrogen) atoms. The number of aryl methyl sites for hydroxylation is 1. The van der Waals surface area contributed by atoms with Gasteiger partial charge in [-0.25, -0.2) is 0 Å². The molecule has 1 aromatic carbocycles. The van der Waals surface area contributed by atoms with Crippen molar-refractivity contribution in [2.45, 2.75) is 32.7 Å². The summed E-state index contributed by atoms with van der Waals surface area (Å²) < 4.78 is 0. The van der Waals surface area contributed by atoms with E-state index in [2.05, 4.69) is 10.3 Å². The summed E-state index contributed by atoms with van der Waals surface area (Å²) in [5, 5.41) is 2.95. The molecule has 1 N–H and O–H groups in total. The van der Waals surface area contributed by atoms with Gasteiger partial charge in [-0.05, 0) is 37.5 Å². The normalized spacial score (nSPS) is 14.9. The molecule has 2 amide bonds. The minimum atomic E-state index is -0.0258. The average Bonchev–Trinajstić information content (AvgIpc) is 2.69. The van der Waals surface area contributed by atoms with E-state index in [1.165, 1.54) is 5.56 Å². The van der Waals surface area contributed by atoms with Gasteiger partial charge in [0.1, 0.15) is 0 Å². The Morgan fingerprint density at radius 3 is 2.50 bits per heavy atom. The van der Waals surface area contributed by atoms with Gasteiger partial charge in [-0.2, -0.15) is 0 Å². The van der Waals surface area contributed by atoms with E-state index in [0.717, 1.165) is 11.3 Å². The average molecular weight is 351 g/mol. The van der Waals surface area contributed by atoms with Gasteiger partial charge in [-0.1, -0.05) is 35.9 Å². The van der Waals surface area contributed by atoms with E-state index in [1.54, 1.807) is 6.20 Å². The zero-order valence-corrected chi connectivity index (χ0v) is 15.1. The van der Waals surface area contributed by atoms with Crippen molar-refractivity contribution in [1.82, 2.24) is 15.2 Å². The molecule has 2 heterocycles. The number of carbonyl (C=O) groups is 2. The molecule has 3 rings (SSSR count). The van der Waals surface area contributed by atoms with Crippen LogP contribution in [0.1, 0.15) is 29.7 Å². The number of piperidine rings is 1. The second-order valence-corrected chi connectivity index (χ2v) is 6.86. The van der Waals surface area contributed by atoms with E-state index in [-0.39, 0.29) is 17.7 Å². The first-order valence-electron chi connectivity index (χ1n) is 9.13. The van der Waals surface area contributed by atoms with Gasteiger partial charge in [0.2, 0.25) is 11.8 Å². The Morgan fingerprint density at radius 2 is 1.85 bits per heavy atom. The summed E-state index contributed by atoms with van der Waals surface area (Å²) in [5.74, 6) is 0.171. The number of pyridine rings is 1. The zero-order chi connectivity index (χ0) is 18.4. The lowest BCUT2D eigenvalue weighted by Crippen LogP contribution is -2.43. The highest BCUT2D eigenvalue weighted by atomic mass is 16.2. The third kappa shape index (κ3) is 4.91. The van der Waals surface area contributed by atoms with Crippen LogP contribution in [0.3, 0.4) is 0 Å². The molecule has 0 aliphatic carbocycles. The molecule has 0 spiro atoms. The first kappa shape index (κ1) is 18.1. The van der Waals surface area contributed by atoms with Crippen LogP contribution in [0.4, 0.5) is 0 Å². The lowest BCUT2D eigenvalue weighted by Gasteiger charge is -2.31. The van der Waals surface area contributed by atoms with Crippen LogP contribution in [0.15, 0.2) is 48.7 Å². The van der Waals surface area contributed by atoms with Gasteiger partial charge in [-0.15, -0.1) is 0 Å². The van der Waals surface area contributed by atoms with Crippen LogP contribution < -0.4 is 5.32 Å². The van der Waals surface area contributed by atoms with E-state index >= 15 is 0 Å². The minimum absolute atomic E-state index is 0.0258. The first-order valence-corrected chi connectivity index (χ1v) is 9.13. The summed E-state index contributed by atoms with van der Waals surface area (Å²) in [6, 6.07) is 13.7. The molecule has 0 unspecified atom stereocenters. The van der Waals surface area contributed by atoms with Gasteiger partial charge >= 0.3 is 0 Å². The summed E-state index contributed by atoms with van der Waals surface area (Å²) in [6.07, 6.45) is 3.58. The zero-order valence-electron chi connectivity index (χ0n) is 15.1. The van der Waals surface area contributed by atoms with Crippen molar-refractivity contribution in [2.24, 2.45) is 5.92 Å². The number of hydrogen-bond donors (Lipinski definition) is 1. The van der Waals surface area contributed by atoms with Crippen molar-refractivity contribution < 1.29 is 9.59 Å². The van der Waals surface area contributed by atoms with Crippen LogP contribution in [0, 0.1) is 12.8 Å². The largest absolute Gasteiger partial charge is 0.350 e. The minimum Gasteiger partial charge on any atom is -0.350 e. The molecule has 136 valence electrons. The van der Waals surface area contributed by atoms with Gasteiger partial charge < -0.3 is 10.2 Å². The fraction of sp³-hybridized carbons (Fsp3) is 0.381. The lowest BCUT2D eigenvalue weighted by molar-refractivity contribution is -0.135. The maximum Gasteiger partial charge on any atom is 0.226 e. The number of benzene rings is 1. The number of rotatable bonds is 5. The summed E-state index contributed by atoms with van der Waals surface area (Å²) in [4.78, 5) is 30.9. The second-order valence-electron chi connectivity index (χ2n) is 6.86. The molecule has 1 saturated heterocycles. The van der Waals surface area contributed by atoms with Crippen molar-refractivity contribution >= 4 is 11.8 Å². The standard InChI is InChI=1S/C21H25N3O2/c1-16-5-7-17(8-6-16)14-20(25)24-12-9-18(10-13-24)21(26)23-15-19-4-2-3-11-22-19/h2-8,11,18H,9-10,12-15H2,1H3,(H,23,26). The van der Waals surface area contributed by atoms with Gasteiger partial charge in [0.05, 0.1) is 18.7 Å². The predicted molar refractivity (Wildman–Crippen MR) is 100 cm³/mol. The van der Waals surface area contributed by atoms with Crippen LogP contribution in [0.5, 0.6) is 0 Å². The Balaban J connectivity index is 1.43. The Hall–Kier alpha value is -2.69. The number of carbonyl (C=O) groups excluding carboxylic acids is 2. The quantitative estimate of drug-likeness (QED) is 0.900. The molecule has 0 bridgehead atoms. The van der Waals surface area contributed by atoms with Gasteiger partial charge in [0, 0.05) is 25.2 Å². The molecule has 5 nitrogen and oxygen atoms in total. The number of amides is 2. The first-order chi connectivity index (χ1) is 12.6. The molecule has 0 radical (unpaired) electrons. The maximum absolute atomic E-state index is 12.5. The maximum atomic E-state index is 12.5. The molecular formula is C21H25N3O2. The third-order valence-corrected chi connectivity index (χ3v) is 4.86. The van der Waals surface area contributed by atoms with E-state index < -0.39 is 0 Å².